The average molecular weight is 242 g/mol. The standard InChI is InChI=1S/C13H26N2O2/c1-10(2)9-12(14)13(17)15(7-4-8-16)11-5-3-6-11/h10-12,16H,3-9,14H2,1-2H3/t12-/m0/s1. The average Bonchev–Trinajstić information content (AvgIpc) is 2.19. The van der Waals surface area contributed by atoms with E-state index in [1.54, 1.807) is 0 Å². The molecule has 1 saturated carbocycles. The number of rotatable bonds is 7. The summed E-state index contributed by atoms with van der Waals surface area (Å²) in [6.07, 6.45) is 4.77. The Bertz CT molecular complexity index is 240. The van der Waals surface area contributed by atoms with Gasteiger partial charge in [-0.2, -0.15) is 0 Å². The van der Waals surface area contributed by atoms with Crippen LogP contribution in [0.5, 0.6) is 0 Å². The summed E-state index contributed by atoms with van der Waals surface area (Å²) in [6.45, 7) is 4.94. The van der Waals surface area contributed by atoms with Gasteiger partial charge in [-0.05, 0) is 38.0 Å². The van der Waals surface area contributed by atoms with E-state index < -0.39 is 0 Å². The number of hydrogen-bond donors (Lipinski definition) is 2. The first kappa shape index (κ1) is 14.5. The molecule has 4 heteroatoms. The molecule has 0 aromatic heterocycles. The SMILES string of the molecule is CC(C)C[C@H](N)C(=O)N(CCCO)C1CCC1. The molecule has 100 valence electrons. The summed E-state index contributed by atoms with van der Waals surface area (Å²) < 4.78 is 0. The van der Waals surface area contributed by atoms with E-state index >= 15 is 0 Å². The zero-order chi connectivity index (χ0) is 12.8. The molecule has 1 amide bonds. The predicted molar refractivity (Wildman–Crippen MR) is 68.5 cm³/mol. The van der Waals surface area contributed by atoms with E-state index in [1.807, 2.05) is 4.90 Å². The summed E-state index contributed by atoms with van der Waals surface area (Å²) >= 11 is 0. The zero-order valence-electron chi connectivity index (χ0n) is 11.1. The molecule has 0 radical (unpaired) electrons. The van der Waals surface area contributed by atoms with E-state index in [1.165, 1.54) is 6.42 Å². The molecule has 1 rings (SSSR count). The molecule has 0 spiro atoms. The van der Waals surface area contributed by atoms with Gasteiger partial charge in [-0.25, -0.2) is 0 Å². The molecule has 0 aliphatic heterocycles. The van der Waals surface area contributed by atoms with Crippen LogP contribution in [0.25, 0.3) is 0 Å². The largest absolute Gasteiger partial charge is 0.396 e. The second kappa shape index (κ2) is 6.97. The Morgan fingerprint density at radius 1 is 1.47 bits per heavy atom. The fraction of sp³-hybridized carbons (Fsp3) is 0.923. The van der Waals surface area contributed by atoms with Crippen molar-refractivity contribution in [2.75, 3.05) is 13.2 Å². The van der Waals surface area contributed by atoms with Gasteiger partial charge in [-0.1, -0.05) is 13.8 Å². The molecule has 0 unspecified atom stereocenters. The van der Waals surface area contributed by atoms with Crippen molar-refractivity contribution < 1.29 is 9.90 Å². The highest BCUT2D eigenvalue weighted by Crippen LogP contribution is 2.25. The first-order valence-corrected chi connectivity index (χ1v) is 6.73. The zero-order valence-corrected chi connectivity index (χ0v) is 11.1. The minimum absolute atomic E-state index is 0.0665. The van der Waals surface area contributed by atoms with Crippen molar-refractivity contribution in [1.82, 2.24) is 4.90 Å². The van der Waals surface area contributed by atoms with Crippen LogP contribution in [0.1, 0.15) is 46.0 Å². The fourth-order valence-electron chi connectivity index (χ4n) is 2.23. The van der Waals surface area contributed by atoms with E-state index in [2.05, 4.69) is 13.8 Å². The van der Waals surface area contributed by atoms with Crippen LogP contribution in [-0.4, -0.2) is 41.1 Å². The third kappa shape index (κ3) is 4.28. The van der Waals surface area contributed by atoms with Crippen molar-refractivity contribution in [2.24, 2.45) is 11.7 Å². The smallest absolute Gasteiger partial charge is 0.239 e. The van der Waals surface area contributed by atoms with Gasteiger partial charge in [0.2, 0.25) is 5.91 Å². The Kier molecular flexibility index (Phi) is 5.92. The lowest BCUT2D eigenvalue weighted by atomic mass is 9.90. The minimum atomic E-state index is -0.380. The number of carbonyl (C=O) groups is 1. The van der Waals surface area contributed by atoms with E-state index in [9.17, 15) is 4.79 Å². The van der Waals surface area contributed by atoms with E-state index in [0.717, 1.165) is 19.3 Å². The maximum Gasteiger partial charge on any atom is 0.239 e. The Hall–Kier alpha value is -0.610. The Morgan fingerprint density at radius 3 is 2.53 bits per heavy atom. The molecule has 0 bridgehead atoms. The van der Waals surface area contributed by atoms with Gasteiger partial charge in [-0.15, -0.1) is 0 Å². The lowest BCUT2D eigenvalue weighted by Gasteiger charge is -2.39. The lowest BCUT2D eigenvalue weighted by molar-refractivity contribution is -0.137. The highest BCUT2D eigenvalue weighted by Gasteiger charge is 2.31. The molecule has 1 aliphatic rings. The molecule has 17 heavy (non-hydrogen) atoms. The molecule has 0 aromatic carbocycles. The first-order chi connectivity index (χ1) is 8.06. The third-order valence-corrected chi connectivity index (χ3v) is 3.40. The van der Waals surface area contributed by atoms with Crippen molar-refractivity contribution >= 4 is 5.91 Å². The molecule has 1 fully saturated rings. The summed E-state index contributed by atoms with van der Waals surface area (Å²) in [5.41, 5.74) is 5.95. The summed E-state index contributed by atoms with van der Waals surface area (Å²) in [6, 6.07) is -0.0124. The summed E-state index contributed by atoms with van der Waals surface area (Å²) in [7, 11) is 0. The van der Waals surface area contributed by atoms with Crippen LogP contribution in [0.2, 0.25) is 0 Å². The number of hydrogen-bond acceptors (Lipinski definition) is 3. The highest BCUT2D eigenvalue weighted by molar-refractivity contribution is 5.82. The lowest BCUT2D eigenvalue weighted by Crippen LogP contribution is -2.51. The van der Waals surface area contributed by atoms with Gasteiger partial charge >= 0.3 is 0 Å². The van der Waals surface area contributed by atoms with Gasteiger partial charge in [0.05, 0.1) is 6.04 Å². The van der Waals surface area contributed by atoms with Gasteiger partial charge in [0.15, 0.2) is 0 Å². The molecule has 1 atom stereocenters. The molecule has 0 saturated heterocycles. The number of nitrogens with zero attached hydrogens (tertiary/aromatic N) is 1. The first-order valence-electron chi connectivity index (χ1n) is 6.73. The second-order valence-corrected chi connectivity index (χ2v) is 5.43. The van der Waals surface area contributed by atoms with Gasteiger partial charge in [0.1, 0.15) is 0 Å². The van der Waals surface area contributed by atoms with Gasteiger partial charge in [0.25, 0.3) is 0 Å². The Labute approximate surface area is 104 Å². The van der Waals surface area contributed by atoms with Crippen LogP contribution >= 0.6 is 0 Å². The number of aliphatic hydroxyl groups is 1. The van der Waals surface area contributed by atoms with Crippen molar-refractivity contribution in [2.45, 2.75) is 58.0 Å². The second-order valence-electron chi connectivity index (χ2n) is 5.43. The van der Waals surface area contributed by atoms with Crippen LogP contribution in [0.4, 0.5) is 0 Å². The molecule has 3 N–H and O–H groups in total. The Balaban J connectivity index is 2.51. The molecule has 1 aliphatic carbocycles. The van der Waals surface area contributed by atoms with Crippen LogP contribution < -0.4 is 5.73 Å². The Morgan fingerprint density at radius 2 is 2.12 bits per heavy atom. The summed E-state index contributed by atoms with van der Waals surface area (Å²) in [5, 5.41) is 8.88. The van der Waals surface area contributed by atoms with Crippen LogP contribution in [-0.2, 0) is 4.79 Å². The van der Waals surface area contributed by atoms with Crippen molar-refractivity contribution in [1.29, 1.82) is 0 Å². The number of aliphatic hydroxyl groups excluding tert-OH is 1. The highest BCUT2D eigenvalue weighted by atomic mass is 16.3. The monoisotopic (exact) mass is 242 g/mol. The number of nitrogens with two attached hydrogens (primary N) is 1. The number of amides is 1. The summed E-state index contributed by atoms with van der Waals surface area (Å²) in [5.74, 6) is 0.506. The maximum atomic E-state index is 12.2. The molecule has 0 heterocycles. The van der Waals surface area contributed by atoms with E-state index in [0.29, 0.717) is 24.9 Å². The topological polar surface area (TPSA) is 66.6 Å². The van der Waals surface area contributed by atoms with Gasteiger partial charge in [0, 0.05) is 19.2 Å². The van der Waals surface area contributed by atoms with Gasteiger partial charge < -0.3 is 15.7 Å². The van der Waals surface area contributed by atoms with E-state index in [4.69, 9.17) is 10.8 Å². The van der Waals surface area contributed by atoms with Crippen molar-refractivity contribution in [3.8, 4) is 0 Å². The van der Waals surface area contributed by atoms with E-state index in [-0.39, 0.29) is 18.6 Å². The molecular weight excluding hydrogens is 216 g/mol. The molecule has 4 nitrogen and oxygen atoms in total. The summed E-state index contributed by atoms with van der Waals surface area (Å²) in [4.78, 5) is 14.1. The minimum Gasteiger partial charge on any atom is -0.396 e. The van der Waals surface area contributed by atoms with Crippen molar-refractivity contribution in [3.05, 3.63) is 0 Å². The molecule has 0 aromatic rings. The van der Waals surface area contributed by atoms with Gasteiger partial charge in [-0.3, -0.25) is 4.79 Å². The quantitative estimate of drug-likeness (QED) is 0.703. The maximum absolute atomic E-state index is 12.2. The normalized spacial score (nSPS) is 17.9. The number of carbonyl (C=O) groups excluding carboxylic acids is 1. The molecular formula is C13H26N2O2. The van der Waals surface area contributed by atoms with Crippen molar-refractivity contribution in [3.63, 3.8) is 0 Å². The van der Waals surface area contributed by atoms with Crippen LogP contribution in [0.3, 0.4) is 0 Å². The predicted octanol–water partition coefficient (Wildman–Crippen LogP) is 1.12. The van der Waals surface area contributed by atoms with Crippen LogP contribution in [0, 0.1) is 5.92 Å². The van der Waals surface area contributed by atoms with Crippen LogP contribution in [0.15, 0.2) is 0 Å². The third-order valence-electron chi connectivity index (χ3n) is 3.40. The fourth-order valence-corrected chi connectivity index (χ4v) is 2.23.